The fraction of sp³-hybridized carbons (Fsp3) is 0.905. The molecule has 0 bridgehead atoms. The molecule has 3 atom stereocenters. The van der Waals surface area contributed by atoms with E-state index in [1.54, 1.807) is 4.90 Å². The summed E-state index contributed by atoms with van der Waals surface area (Å²) in [5, 5.41) is 10.0. The van der Waals surface area contributed by atoms with Crippen LogP contribution in [0.5, 0.6) is 0 Å². The van der Waals surface area contributed by atoms with E-state index in [0.717, 1.165) is 19.3 Å². The maximum Gasteiger partial charge on any atom is 0.410 e. The van der Waals surface area contributed by atoms with Crippen LogP contribution in [0.2, 0.25) is 0 Å². The van der Waals surface area contributed by atoms with Crippen molar-refractivity contribution < 1.29 is 19.4 Å². The highest BCUT2D eigenvalue weighted by atomic mass is 16.6. The second kappa shape index (κ2) is 9.26. The number of amides is 2. The van der Waals surface area contributed by atoms with Gasteiger partial charge >= 0.3 is 6.09 Å². The molecule has 0 aliphatic carbocycles. The third kappa shape index (κ3) is 6.37. The Morgan fingerprint density at radius 2 is 1.78 bits per heavy atom. The predicted molar refractivity (Wildman–Crippen MR) is 105 cm³/mol. The van der Waals surface area contributed by atoms with Crippen molar-refractivity contribution in [2.24, 2.45) is 11.8 Å². The van der Waals surface area contributed by atoms with Crippen molar-refractivity contribution in [1.29, 1.82) is 0 Å². The van der Waals surface area contributed by atoms with Crippen LogP contribution in [-0.2, 0) is 9.53 Å². The molecule has 0 radical (unpaired) electrons. The van der Waals surface area contributed by atoms with E-state index in [0.29, 0.717) is 50.7 Å². The van der Waals surface area contributed by atoms with Crippen LogP contribution in [0.1, 0.15) is 73.1 Å². The number of likely N-dealkylation sites (tertiary alicyclic amines) is 2. The Bertz CT molecular complexity index is 509. The minimum Gasteiger partial charge on any atom is -0.444 e. The van der Waals surface area contributed by atoms with Crippen LogP contribution in [0.3, 0.4) is 0 Å². The summed E-state index contributed by atoms with van der Waals surface area (Å²) in [5.41, 5.74) is -0.478. The van der Waals surface area contributed by atoms with Gasteiger partial charge in [-0.3, -0.25) is 4.79 Å². The van der Waals surface area contributed by atoms with Crippen LogP contribution in [0.25, 0.3) is 0 Å². The molecule has 0 aromatic carbocycles. The van der Waals surface area contributed by atoms with Gasteiger partial charge < -0.3 is 19.6 Å². The zero-order valence-electron chi connectivity index (χ0n) is 17.7. The van der Waals surface area contributed by atoms with Gasteiger partial charge in [-0.1, -0.05) is 20.3 Å². The highest BCUT2D eigenvalue weighted by Gasteiger charge is 2.35. The highest BCUT2D eigenvalue weighted by molar-refractivity contribution is 5.77. The molecule has 3 unspecified atom stereocenters. The molecule has 6 heteroatoms. The molecule has 27 heavy (non-hydrogen) atoms. The van der Waals surface area contributed by atoms with E-state index < -0.39 is 5.60 Å². The Morgan fingerprint density at radius 1 is 1.15 bits per heavy atom. The van der Waals surface area contributed by atoms with E-state index >= 15 is 0 Å². The van der Waals surface area contributed by atoms with E-state index in [9.17, 15) is 14.7 Å². The Morgan fingerprint density at radius 3 is 2.33 bits per heavy atom. The third-order valence-electron chi connectivity index (χ3n) is 5.97. The first-order valence-electron chi connectivity index (χ1n) is 10.6. The number of hydrogen-bond acceptors (Lipinski definition) is 4. The summed E-state index contributed by atoms with van der Waals surface area (Å²) in [5.74, 6) is 0.932. The molecular weight excluding hydrogens is 344 g/mol. The zero-order chi connectivity index (χ0) is 20.2. The van der Waals surface area contributed by atoms with Crippen molar-refractivity contribution in [3.8, 4) is 0 Å². The smallest absolute Gasteiger partial charge is 0.410 e. The van der Waals surface area contributed by atoms with Gasteiger partial charge in [0.05, 0.1) is 6.10 Å². The Labute approximate surface area is 164 Å². The van der Waals surface area contributed by atoms with E-state index in [1.165, 1.54) is 0 Å². The van der Waals surface area contributed by atoms with Gasteiger partial charge in [0, 0.05) is 32.1 Å². The van der Waals surface area contributed by atoms with Crippen molar-refractivity contribution in [1.82, 2.24) is 9.80 Å². The molecule has 0 spiro atoms. The first kappa shape index (κ1) is 22.0. The number of nitrogens with zero attached hydrogens (tertiary/aromatic N) is 2. The summed E-state index contributed by atoms with van der Waals surface area (Å²) in [6.07, 6.45) is 4.07. The summed E-state index contributed by atoms with van der Waals surface area (Å²) in [6, 6.07) is 0.146. The van der Waals surface area contributed by atoms with Crippen LogP contribution < -0.4 is 0 Å². The van der Waals surface area contributed by atoms with Crippen LogP contribution in [-0.4, -0.2) is 64.3 Å². The minimum absolute atomic E-state index is 0.146. The number of aliphatic hydroxyl groups excluding tert-OH is 1. The number of piperidine rings is 2. The highest BCUT2D eigenvalue weighted by Crippen LogP contribution is 2.29. The van der Waals surface area contributed by atoms with Crippen LogP contribution in [0.4, 0.5) is 4.79 Å². The fourth-order valence-electron chi connectivity index (χ4n) is 4.11. The van der Waals surface area contributed by atoms with E-state index in [4.69, 9.17) is 4.74 Å². The summed E-state index contributed by atoms with van der Waals surface area (Å²) < 4.78 is 5.44. The molecule has 0 saturated carbocycles. The Balaban J connectivity index is 1.85. The van der Waals surface area contributed by atoms with Crippen molar-refractivity contribution in [2.45, 2.75) is 90.9 Å². The van der Waals surface area contributed by atoms with Gasteiger partial charge in [-0.15, -0.1) is 0 Å². The molecule has 0 aromatic rings. The Hall–Kier alpha value is -1.30. The summed E-state index contributed by atoms with van der Waals surface area (Å²) >= 11 is 0. The van der Waals surface area contributed by atoms with Gasteiger partial charge in [0.15, 0.2) is 0 Å². The molecule has 156 valence electrons. The van der Waals surface area contributed by atoms with Gasteiger partial charge in [-0.25, -0.2) is 4.79 Å². The average Bonchev–Trinajstić information content (AvgIpc) is 2.60. The van der Waals surface area contributed by atoms with Gasteiger partial charge in [0.2, 0.25) is 5.91 Å². The topological polar surface area (TPSA) is 70.1 Å². The monoisotopic (exact) mass is 382 g/mol. The molecule has 2 saturated heterocycles. The maximum absolute atomic E-state index is 12.9. The van der Waals surface area contributed by atoms with Crippen molar-refractivity contribution >= 4 is 12.0 Å². The van der Waals surface area contributed by atoms with Crippen LogP contribution in [0, 0.1) is 11.8 Å². The molecule has 2 rings (SSSR count). The second-order valence-corrected chi connectivity index (χ2v) is 9.33. The molecule has 0 aromatic heterocycles. The van der Waals surface area contributed by atoms with Crippen LogP contribution in [0.15, 0.2) is 0 Å². The second-order valence-electron chi connectivity index (χ2n) is 9.33. The maximum atomic E-state index is 12.9. The molecule has 2 aliphatic rings. The van der Waals surface area contributed by atoms with Crippen LogP contribution >= 0.6 is 0 Å². The lowest BCUT2D eigenvalue weighted by Crippen LogP contribution is -2.51. The molecule has 1 N–H and O–H groups in total. The van der Waals surface area contributed by atoms with E-state index in [1.807, 2.05) is 25.7 Å². The molecule has 2 fully saturated rings. The predicted octanol–water partition coefficient (Wildman–Crippen LogP) is 3.42. The minimum atomic E-state index is -0.478. The molecule has 2 aliphatic heterocycles. The first-order valence-corrected chi connectivity index (χ1v) is 10.6. The summed E-state index contributed by atoms with van der Waals surface area (Å²) in [7, 11) is 0. The standard InChI is InChI=1S/C21H38N2O4/c1-6-15(2)18-14-17(24)9-12-23(18)19(25)13-16-7-10-22(11-8-16)20(26)27-21(3,4)5/h15-18,24H,6-14H2,1-5H3. The number of ether oxygens (including phenoxy) is 1. The fourth-order valence-corrected chi connectivity index (χ4v) is 4.11. The molecule has 2 amide bonds. The SMILES string of the molecule is CCC(C)C1CC(O)CCN1C(=O)CC1CCN(C(=O)OC(C)(C)C)CC1. The normalized spacial score (nSPS) is 26.0. The quantitative estimate of drug-likeness (QED) is 0.809. The lowest BCUT2D eigenvalue weighted by molar-refractivity contribution is -0.139. The van der Waals surface area contributed by atoms with Gasteiger partial charge in [-0.05, 0) is 58.3 Å². The lowest BCUT2D eigenvalue weighted by atomic mass is 9.87. The Kier molecular flexibility index (Phi) is 7.55. The molecule has 2 heterocycles. The number of aliphatic hydroxyl groups is 1. The number of rotatable bonds is 4. The van der Waals surface area contributed by atoms with Gasteiger partial charge in [-0.2, -0.15) is 0 Å². The van der Waals surface area contributed by atoms with Gasteiger partial charge in [0.1, 0.15) is 5.60 Å². The van der Waals surface area contributed by atoms with Gasteiger partial charge in [0.25, 0.3) is 0 Å². The van der Waals surface area contributed by atoms with Crippen molar-refractivity contribution in [3.05, 3.63) is 0 Å². The number of hydrogen-bond donors (Lipinski definition) is 1. The molecular formula is C21H38N2O4. The van der Waals surface area contributed by atoms with Crippen molar-refractivity contribution in [2.75, 3.05) is 19.6 Å². The van der Waals surface area contributed by atoms with E-state index in [2.05, 4.69) is 13.8 Å². The third-order valence-corrected chi connectivity index (χ3v) is 5.97. The number of carbonyl (C=O) groups is 2. The largest absolute Gasteiger partial charge is 0.444 e. The average molecular weight is 383 g/mol. The summed E-state index contributed by atoms with van der Waals surface area (Å²) in [4.78, 5) is 28.9. The summed E-state index contributed by atoms with van der Waals surface area (Å²) in [6.45, 7) is 11.9. The van der Waals surface area contributed by atoms with Crippen molar-refractivity contribution in [3.63, 3.8) is 0 Å². The molecule has 6 nitrogen and oxygen atoms in total. The zero-order valence-corrected chi connectivity index (χ0v) is 17.7. The van der Waals surface area contributed by atoms with E-state index in [-0.39, 0.29) is 24.1 Å². The first-order chi connectivity index (χ1) is 12.6. The lowest BCUT2D eigenvalue weighted by Gasteiger charge is -2.42. The number of carbonyl (C=O) groups excluding carboxylic acids is 2.